The Hall–Kier alpha value is -2.61. The van der Waals surface area contributed by atoms with Gasteiger partial charge in [-0.3, -0.25) is 4.79 Å². The lowest BCUT2D eigenvalue weighted by Gasteiger charge is -2.22. The maximum absolute atomic E-state index is 13.2. The van der Waals surface area contributed by atoms with Gasteiger partial charge in [0.2, 0.25) is 0 Å². The lowest BCUT2D eigenvalue weighted by atomic mass is 10.0. The topological polar surface area (TPSA) is 96.9 Å². The minimum atomic E-state index is -1.29. The summed E-state index contributed by atoms with van der Waals surface area (Å²) in [5.41, 5.74) is 0.114. The number of aliphatic hydroxyl groups excluding tert-OH is 1. The number of rotatable bonds is 4. The summed E-state index contributed by atoms with van der Waals surface area (Å²) in [6.07, 6.45) is -1.76. The number of anilines is 1. The molecule has 1 aromatic rings. The van der Waals surface area contributed by atoms with Crippen molar-refractivity contribution in [1.82, 2.24) is 5.32 Å². The van der Waals surface area contributed by atoms with Gasteiger partial charge in [0.25, 0.3) is 5.91 Å². The highest BCUT2D eigenvalue weighted by molar-refractivity contribution is 5.95. The third-order valence-corrected chi connectivity index (χ3v) is 3.28. The van der Waals surface area contributed by atoms with Crippen LogP contribution in [0.4, 0.5) is 14.9 Å². The van der Waals surface area contributed by atoms with E-state index < -0.39 is 17.8 Å². The van der Waals surface area contributed by atoms with Crippen LogP contribution in [0.2, 0.25) is 0 Å². The Balaban J connectivity index is 2.04. The van der Waals surface area contributed by atoms with Crippen LogP contribution in [0.3, 0.4) is 0 Å². The van der Waals surface area contributed by atoms with Crippen molar-refractivity contribution in [3.63, 3.8) is 0 Å². The van der Waals surface area contributed by atoms with E-state index >= 15 is 0 Å². The molecule has 1 aliphatic rings. The highest BCUT2D eigenvalue weighted by Gasteiger charge is 2.21. The van der Waals surface area contributed by atoms with Crippen molar-refractivity contribution in [3.05, 3.63) is 35.7 Å². The molecule has 2 amide bonds. The van der Waals surface area contributed by atoms with E-state index in [9.17, 15) is 19.1 Å². The summed E-state index contributed by atoms with van der Waals surface area (Å²) in [4.78, 5) is 22.9. The molecule has 136 valence electrons. The standard InChI is InChI=1S/C17H21FN2O5/c1-17(2,3)25-16(23)19-8-11(7-18)15(22)10-4-5-12-13(6-10)24-9-14(21)20-12/h4-7,15,22H,8-9H2,1-3H3,(H,19,23)(H,20,21)/b11-7+. The summed E-state index contributed by atoms with van der Waals surface area (Å²) in [6, 6.07) is 4.61. The van der Waals surface area contributed by atoms with Crippen LogP contribution in [0, 0.1) is 0 Å². The van der Waals surface area contributed by atoms with Crippen molar-refractivity contribution < 1.29 is 28.6 Å². The largest absolute Gasteiger partial charge is 0.482 e. The predicted molar refractivity (Wildman–Crippen MR) is 89.0 cm³/mol. The molecule has 0 bridgehead atoms. The van der Waals surface area contributed by atoms with Crippen LogP contribution in [-0.2, 0) is 9.53 Å². The summed E-state index contributed by atoms with van der Waals surface area (Å²) < 4.78 is 23.5. The second-order valence-electron chi connectivity index (χ2n) is 6.53. The average molecular weight is 352 g/mol. The highest BCUT2D eigenvalue weighted by atomic mass is 19.1. The van der Waals surface area contributed by atoms with Crippen molar-refractivity contribution in [3.8, 4) is 5.75 Å². The molecule has 0 saturated heterocycles. The number of carbonyl (C=O) groups is 2. The van der Waals surface area contributed by atoms with Crippen molar-refractivity contribution in [2.75, 3.05) is 18.5 Å². The summed E-state index contributed by atoms with van der Waals surface area (Å²) in [5.74, 6) is 0.112. The molecule has 0 aliphatic carbocycles. The molecule has 1 atom stereocenters. The van der Waals surface area contributed by atoms with Gasteiger partial charge in [-0.05, 0) is 38.5 Å². The van der Waals surface area contributed by atoms with Gasteiger partial charge in [-0.1, -0.05) is 6.07 Å². The fraction of sp³-hybridized carbons (Fsp3) is 0.412. The molecule has 0 fully saturated rings. The molecule has 1 aliphatic heterocycles. The number of aliphatic hydroxyl groups is 1. The van der Waals surface area contributed by atoms with Crippen molar-refractivity contribution >= 4 is 17.7 Å². The number of nitrogens with one attached hydrogen (secondary N) is 2. The van der Waals surface area contributed by atoms with Gasteiger partial charge >= 0.3 is 6.09 Å². The summed E-state index contributed by atoms with van der Waals surface area (Å²) >= 11 is 0. The molecule has 1 heterocycles. The van der Waals surface area contributed by atoms with Gasteiger partial charge in [0, 0.05) is 12.1 Å². The zero-order valence-corrected chi connectivity index (χ0v) is 14.3. The Bertz CT molecular complexity index is 697. The molecule has 3 N–H and O–H groups in total. The third kappa shape index (κ3) is 5.18. The minimum absolute atomic E-state index is 0.0503. The Morgan fingerprint density at radius 3 is 2.88 bits per heavy atom. The van der Waals surface area contributed by atoms with E-state index in [-0.39, 0.29) is 31.0 Å². The molecule has 8 heteroatoms. The molecule has 25 heavy (non-hydrogen) atoms. The van der Waals surface area contributed by atoms with Crippen LogP contribution in [0.25, 0.3) is 0 Å². The fourth-order valence-electron chi connectivity index (χ4n) is 2.16. The maximum atomic E-state index is 13.2. The number of halogens is 1. The van der Waals surface area contributed by atoms with Gasteiger partial charge in [-0.15, -0.1) is 0 Å². The molecule has 0 saturated carbocycles. The van der Waals surface area contributed by atoms with Gasteiger partial charge in [0.05, 0.1) is 12.0 Å². The first-order chi connectivity index (χ1) is 11.7. The van der Waals surface area contributed by atoms with Crippen LogP contribution in [0.15, 0.2) is 30.1 Å². The second kappa shape index (κ2) is 7.52. The second-order valence-corrected chi connectivity index (χ2v) is 6.53. The molecule has 1 unspecified atom stereocenters. The van der Waals surface area contributed by atoms with E-state index in [0.29, 0.717) is 17.0 Å². The van der Waals surface area contributed by atoms with Crippen LogP contribution in [0.1, 0.15) is 32.4 Å². The fourth-order valence-corrected chi connectivity index (χ4v) is 2.16. The van der Waals surface area contributed by atoms with Crippen molar-refractivity contribution in [2.45, 2.75) is 32.5 Å². The van der Waals surface area contributed by atoms with Gasteiger partial charge in [0.1, 0.15) is 17.5 Å². The number of benzene rings is 1. The summed E-state index contributed by atoms with van der Waals surface area (Å²) in [6.45, 7) is 4.78. The monoisotopic (exact) mass is 352 g/mol. The highest BCUT2D eigenvalue weighted by Crippen LogP contribution is 2.32. The predicted octanol–water partition coefficient (Wildman–Crippen LogP) is 2.43. The SMILES string of the molecule is CC(C)(C)OC(=O)NC/C(=C\F)C(O)c1ccc2c(c1)OCC(=O)N2. The number of ether oxygens (including phenoxy) is 2. The quantitative estimate of drug-likeness (QED) is 0.773. The summed E-state index contributed by atoms with van der Waals surface area (Å²) in [7, 11) is 0. The molecule has 2 rings (SSSR count). The van der Waals surface area contributed by atoms with Gasteiger partial charge in [-0.2, -0.15) is 0 Å². The number of alkyl carbamates (subject to hydrolysis) is 1. The van der Waals surface area contributed by atoms with Crippen LogP contribution in [0.5, 0.6) is 5.75 Å². The number of amides is 2. The third-order valence-electron chi connectivity index (χ3n) is 3.28. The lowest BCUT2D eigenvalue weighted by molar-refractivity contribution is -0.118. The number of hydrogen-bond acceptors (Lipinski definition) is 5. The van der Waals surface area contributed by atoms with E-state index in [1.54, 1.807) is 26.8 Å². The number of carbonyl (C=O) groups excluding carboxylic acids is 2. The first kappa shape index (κ1) is 18.7. The smallest absolute Gasteiger partial charge is 0.407 e. The average Bonchev–Trinajstić information content (AvgIpc) is 2.53. The minimum Gasteiger partial charge on any atom is -0.482 e. The molecule has 1 aromatic carbocycles. The van der Waals surface area contributed by atoms with E-state index in [1.165, 1.54) is 12.1 Å². The maximum Gasteiger partial charge on any atom is 0.407 e. The normalized spacial score (nSPS) is 15.6. The molecular weight excluding hydrogens is 331 g/mol. The summed E-state index contributed by atoms with van der Waals surface area (Å²) in [5, 5.41) is 15.4. The van der Waals surface area contributed by atoms with Crippen molar-refractivity contribution in [1.29, 1.82) is 0 Å². The molecule has 7 nitrogen and oxygen atoms in total. The lowest BCUT2D eigenvalue weighted by Crippen LogP contribution is -2.34. The van der Waals surface area contributed by atoms with Crippen LogP contribution < -0.4 is 15.4 Å². The molecule has 0 radical (unpaired) electrons. The van der Waals surface area contributed by atoms with E-state index in [0.717, 1.165) is 0 Å². The van der Waals surface area contributed by atoms with Crippen LogP contribution in [-0.4, -0.2) is 35.9 Å². The Kier molecular flexibility index (Phi) is 5.63. The number of hydrogen-bond donors (Lipinski definition) is 3. The van der Waals surface area contributed by atoms with E-state index in [2.05, 4.69) is 10.6 Å². The zero-order valence-electron chi connectivity index (χ0n) is 14.3. The van der Waals surface area contributed by atoms with Gasteiger partial charge in [0.15, 0.2) is 6.61 Å². The first-order valence-electron chi connectivity index (χ1n) is 7.70. The molecular formula is C17H21FN2O5. The van der Waals surface area contributed by atoms with Gasteiger partial charge < -0.3 is 25.2 Å². The first-order valence-corrected chi connectivity index (χ1v) is 7.70. The Morgan fingerprint density at radius 2 is 2.24 bits per heavy atom. The Morgan fingerprint density at radius 1 is 1.52 bits per heavy atom. The van der Waals surface area contributed by atoms with E-state index in [1.807, 2.05) is 0 Å². The van der Waals surface area contributed by atoms with Crippen molar-refractivity contribution in [2.24, 2.45) is 0 Å². The molecule has 0 spiro atoms. The Labute approximate surface area is 144 Å². The molecule has 0 aromatic heterocycles. The zero-order chi connectivity index (χ0) is 18.6. The van der Waals surface area contributed by atoms with Crippen LogP contribution >= 0.6 is 0 Å². The van der Waals surface area contributed by atoms with E-state index in [4.69, 9.17) is 9.47 Å². The van der Waals surface area contributed by atoms with Gasteiger partial charge in [-0.25, -0.2) is 9.18 Å². The number of fused-ring (bicyclic) bond motifs is 1.